The van der Waals surface area contributed by atoms with Crippen molar-refractivity contribution in [2.45, 2.75) is 37.2 Å². The minimum Gasteiger partial charge on any atom is -0.385 e. The van der Waals surface area contributed by atoms with Crippen LogP contribution in [0.4, 0.5) is 0 Å². The lowest BCUT2D eigenvalue weighted by Crippen LogP contribution is -2.24. The molecule has 0 N–H and O–H groups in total. The van der Waals surface area contributed by atoms with E-state index in [0.717, 1.165) is 39.8 Å². The summed E-state index contributed by atoms with van der Waals surface area (Å²) in [5.41, 5.74) is 4.19. The summed E-state index contributed by atoms with van der Waals surface area (Å²) < 4.78 is 6.93. The molecule has 160 valence electrons. The number of benzene rings is 2. The van der Waals surface area contributed by atoms with E-state index in [1.54, 1.807) is 34.8 Å². The van der Waals surface area contributed by atoms with Gasteiger partial charge in [-0.2, -0.15) is 0 Å². The molecule has 0 aliphatic carbocycles. The fourth-order valence-corrected chi connectivity index (χ4v) is 5.20. The van der Waals surface area contributed by atoms with E-state index in [2.05, 4.69) is 36.6 Å². The van der Waals surface area contributed by atoms with Crippen LogP contribution >= 0.6 is 23.1 Å². The zero-order valence-corrected chi connectivity index (χ0v) is 19.3. The van der Waals surface area contributed by atoms with Crippen LogP contribution < -0.4 is 5.56 Å². The number of hydrogen-bond acceptors (Lipinski definition) is 6. The Labute approximate surface area is 190 Å². The maximum Gasteiger partial charge on any atom is 0.262 e. The lowest BCUT2D eigenvalue weighted by molar-refractivity contribution is 0.189. The van der Waals surface area contributed by atoms with Gasteiger partial charge in [0.15, 0.2) is 5.16 Å². The van der Waals surface area contributed by atoms with Gasteiger partial charge < -0.3 is 4.74 Å². The first-order valence-corrected chi connectivity index (χ1v) is 12.2. The molecule has 0 aliphatic rings. The summed E-state index contributed by atoms with van der Waals surface area (Å²) in [6.07, 6.45) is 1.80. The number of hydrogen-bond donors (Lipinski definition) is 0. The highest BCUT2D eigenvalue weighted by molar-refractivity contribution is 7.98. The van der Waals surface area contributed by atoms with E-state index in [0.29, 0.717) is 24.3 Å². The van der Waals surface area contributed by atoms with Gasteiger partial charge in [0.2, 0.25) is 0 Å². The largest absolute Gasteiger partial charge is 0.385 e. The Morgan fingerprint density at radius 1 is 1.10 bits per heavy atom. The Morgan fingerprint density at radius 3 is 2.68 bits per heavy atom. The number of aromatic nitrogens is 3. The van der Waals surface area contributed by atoms with E-state index in [4.69, 9.17) is 14.7 Å². The molecule has 0 amide bonds. The van der Waals surface area contributed by atoms with Crippen LogP contribution in [0.2, 0.25) is 0 Å². The summed E-state index contributed by atoms with van der Waals surface area (Å²) in [5.74, 6) is 0.665. The fraction of sp³-hybridized carbons (Fsp3) is 0.292. The molecule has 0 radical (unpaired) electrons. The van der Waals surface area contributed by atoms with Gasteiger partial charge in [0.1, 0.15) is 5.01 Å². The van der Waals surface area contributed by atoms with Gasteiger partial charge in [-0.1, -0.05) is 55.1 Å². The van der Waals surface area contributed by atoms with Crippen LogP contribution in [0.15, 0.2) is 63.9 Å². The van der Waals surface area contributed by atoms with Crippen LogP contribution in [0, 0.1) is 0 Å². The molecule has 0 saturated heterocycles. The van der Waals surface area contributed by atoms with E-state index in [9.17, 15) is 4.79 Å². The average Bonchev–Trinajstić information content (AvgIpc) is 3.28. The zero-order chi connectivity index (χ0) is 21.6. The molecule has 2 aromatic carbocycles. The van der Waals surface area contributed by atoms with Crippen LogP contribution in [0.25, 0.3) is 21.5 Å². The highest BCUT2D eigenvalue weighted by Crippen LogP contribution is 2.28. The number of aryl methyl sites for hydroxylation is 1. The first-order valence-electron chi connectivity index (χ1n) is 10.3. The van der Waals surface area contributed by atoms with Crippen molar-refractivity contribution in [2.24, 2.45) is 0 Å². The number of para-hydroxylation sites is 1. The van der Waals surface area contributed by atoms with Crippen LogP contribution in [-0.2, 0) is 23.5 Å². The predicted molar refractivity (Wildman–Crippen MR) is 129 cm³/mol. The number of thioether (sulfide) groups is 1. The summed E-state index contributed by atoms with van der Waals surface area (Å²) in [6, 6.07) is 16.1. The smallest absolute Gasteiger partial charge is 0.262 e. The van der Waals surface area contributed by atoms with Crippen molar-refractivity contribution in [3.05, 3.63) is 75.5 Å². The van der Waals surface area contributed by atoms with Gasteiger partial charge in [-0.3, -0.25) is 9.36 Å². The number of fused-ring (bicyclic) bond motifs is 1. The summed E-state index contributed by atoms with van der Waals surface area (Å²) in [7, 11) is 1.67. The normalized spacial score (nSPS) is 11.3. The Balaban J connectivity index is 1.56. The molecular weight excluding hydrogens is 426 g/mol. The van der Waals surface area contributed by atoms with Crippen molar-refractivity contribution in [1.29, 1.82) is 0 Å². The van der Waals surface area contributed by atoms with Crippen molar-refractivity contribution in [1.82, 2.24) is 14.5 Å². The fourth-order valence-electron chi connectivity index (χ4n) is 3.35. The second-order valence-electron chi connectivity index (χ2n) is 7.20. The molecule has 0 aliphatic heterocycles. The average molecular weight is 452 g/mol. The van der Waals surface area contributed by atoms with Gasteiger partial charge in [0, 0.05) is 37.0 Å². The third-order valence-electron chi connectivity index (χ3n) is 5.07. The highest BCUT2D eigenvalue weighted by Gasteiger charge is 2.13. The second kappa shape index (κ2) is 10.2. The van der Waals surface area contributed by atoms with Crippen LogP contribution in [0.5, 0.6) is 0 Å². The van der Waals surface area contributed by atoms with Crippen molar-refractivity contribution in [3.63, 3.8) is 0 Å². The lowest BCUT2D eigenvalue weighted by atomic mass is 10.1. The standard InChI is InChI=1S/C24H25N3O2S2/c1-3-17-9-11-18(12-10-17)22-25-19(15-30-22)16-31-24-26-21-8-5-4-7-20(21)23(28)27(24)13-6-14-29-2/h4-5,7-12,15H,3,6,13-14,16H2,1-2H3. The van der Waals surface area contributed by atoms with Gasteiger partial charge in [-0.25, -0.2) is 9.97 Å². The first kappa shape index (κ1) is 21.7. The van der Waals surface area contributed by atoms with E-state index in [1.165, 1.54) is 5.56 Å². The molecule has 0 saturated carbocycles. The molecule has 4 aromatic rings. The highest BCUT2D eigenvalue weighted by atomic mass is 32.2. The number of rotatable bonds is 9. The quantitative estimate of drug-likeness (QED) is 0.193. The van der Waals surface area contributed by atoms with Crippen LogP contribution in [0.1, 0.15) is 24.6 Å². The van der Waals surface area contributed by atoms with E-state index in [1.807, 2.05) is 24.3 Å². The van der Waals surface area contributed by atoms with Crippen LogP contribution in [0.3, 0.4) is 0 Å². The zero-order valence-electron chi connectivity index (χ0n) is 17.7. The van der Waals surface area contributed by atoms with E-state index < -0.39 is 0 Å². The van der Waals surface area contributed by atoms with Crippen LogP contribution in [-0.4, -0.2) is 28.3 Å². The molecule has 0 spiro atoms. The number of ether oxygens (including phenoxy) is 1. The van der Waals surface area contributed by atoms with Crippen molar-refractivity contribution in [3.8, 4) is 10.6 Å². The molecule has 0 unspecified atom stereocenters. The molecule has 0 fully saturated rings. The maximum absolute atomic E-state index is 13.1. The van der Waals surface area contributed by atoms with Gasteiger partial charge in [-0.05, 0) is 30.5 Å². The SMILES string of the molecule is CCc1ccc(-c2nc(CSc3nc4ccccc4c(=O)n3CCCOC)cs2)cc1. The predicted octanol–water partition coefficient (Wildman–Crippen LogP) is 5.41. The molecule has 7 heteroatoms. The molecule has 2 aromatic heterocycles. The van der Waals surface area contributed by atoms with Gasteiger partial charge in [-0.15, -0.1) is 11.3 Å². The molecule has 4 rings (SSSR count). The minimum atomic E-state index is -0.000756. The van der Waals surface area contributed by atoms with E-state index in [-0.39, 0.29) is 5.56 Å². The molecule has 0 bridgehead atoms. The molecular formula is C24H25N3O2S2. The molecule has 31 heavy (non-hydrogen) atoms. The summed E-state index contributed by atoms with van der Waals surface area (Å²) in [5, 5.41) is 4.48. The maximum atomic E-state index is 13.1. The molecule has 0 atom stereocenters. The summed E-state index contributed by atoms with van der Waals surface area (Å²) in [4.78, 5) is 22.6. The van der Waals surface area contributed by atoms with Crippen molar-refractivity contribution in [2.75, 3.05) is 13.7 Å². The number of nitrogens with zero attached hydrogens (tertiary/aromatic N) is 3. The lowest BCUT2D eigenvalue weighted by Gasteiger charge is -2.12. The monoisotopic (exact) mass is 451 g/mol. The number of methoxy groups -OCH3 is 1. The third kappa shape index (κ3) is 5.06. The minimum absolute atomic E-state index is 0.000756. The first-order chi connectivity index (χ1) is 15.2. The summed E-state index contributed by atoms with van der Waals surface area (Å²) >= 11 is 3.21. The Bertz CT molecular complexity index is 1220. The Hall–Kier alpha value is -2.48. The number of thiazole rings is 1. The second-order valence-corrected chi connectivity index (χ2v) is 9.00. The van der Waals surface area contributed by atoms with Gasteiger partial charge in [0.25, 0.3) is 5.56 Å². The van der Waals surface area contributed by atoms with Crippen molar-refractivity contribution >= 4 is 34.0 Å². The van der Waals surface area contributed by atoms with E-state index >= 15 is 0 Å². The molecule has 2 heterocycles. The van der Waals surface area contributed by atoms with Gasteiger partial charge in [0.05, 0.1) is 16.6 Å². The molecule has 5 nitrogen and oxygen atoms in total. The summed E-state index contributed by atoms with van der Waals surface area (Å²) in [6.45, 7) is 3.35. The van der Waals surface area contributed by atoms with Gasteiger partial charge >= 0.3 is 0 Å². The third-order valence-corrected chi connectivity index (χ3v) is 7.02. The van der Waals surface area contributed by atoms with Crippen molar-refractivity contribution < 1.29 is 4.74 Å². The Morgan fingerprint density at radius 2 is 1.90 bits per heavy atom. The topological polar surface area (TPSA) is 57.0 Å². The Kier molecular flexibility index (Phi) is 7.17.